The zero-order valence-corrected chi connectivity index (χ0v) is 11.4. The summed E-state index contributed by atoms with van der Waals surface area (Å²) in [5.74, 6) is -0.327. The van der Waals surface area contributed by atoms with Gasteiger partial charge >= 0.3 is 0 Å². The molecule has 1 N–H and O–H groups in total. The number of pyridine rings is 1. The molecule has 0 fully saturated rings. The van der Waals surface area contributed by atoms with Gasteiger partial charge in [-0.2, -0.15) is 0 Å². The summed E-state index contributed by atoms with van der Waals surface area (Å²) in [7, 11) is 0. The number of aromatic nitrogens is 5. The predicted octanol–water partition coefficient (Wildman–Crippen LogP) is 2.12. The van der Waals surface area contributed by atoms with Gasteiger partial charge in [-0.05, 0) is 47.2 Å². The molecule has 0 amide bonds. The Morgan fingerprint density at radius 3 is 2.86 bits per heavy atom. The van der Waals surface area contributed by atoms with Crippen LogP contribution < -0.4 is 5.32 Å². The third-order valence-electron chi connectivity index (χ3n) is 3.02. The highest BCUT2D eigenvalue weighted by molar-refractivity contribution is 5.52. The lowest BCUT2D eigenvalue weighted by Crippen LogP contribution is -2.04. The number of halogens is 1. The Kier molecular flexibility index (Phi) is 3.55. The first-order valence-electron chi connectivity index (χ1n) is 6.41. The largest absolute Gasteiger partial charge is 0.378 e. The number of hydrogen-bond acceptors (Lipinski definition) is 5. The molecule has 7 heteroatoms. The van der Waals surface area contributed by atoms with E-state index in [9.17, 15) is 4.39 Å². The number of nitrogens with one attached hydrogen (secondary N) is 1. The Hall–Kier alpha value is -2.83. The van der Waals surface area contributed by atoms with E-state index >= 15 is 0 Å². The molecule has 106 valence electrons. The molecule has 0 saturated carbocycles. The molecule has 0 aliphatic rings. The quantitative estimate of drug-likeness (QED) is 0.794. The van der Waals surface area contributed by atoms with Crippen molar-refractivity contribution in [3.63, 3.8) is 0 Å². The molecule has 2 aromatic heterocycles. The molecular formula is C14H13FN6. The Bertz CT molecular complexity index is 724. The summed E-state index contributed by atoms with van der Waals surface area (Å²) in [5.41, 5.74) is 3.01. The van der Waals surface area contributed by atoms with Crippen LogP contribution in [0.25, 0.3) is 5.69 Å². The second kappa shape index (κ2) is 5.66. The van der Waals surface area contributed by atoms with E-state index in [-0.39, 0.29) is 5.82 Å². The molecule has 0 saturated heterocycles. The lowest BCUT2D eigenvalue weighted by molar-refractivity contribution is 0.629. The monoisotopic (exact) mass is 284 g/mol. The Morgan fingerprint density at radius 1 is 1.24 bits per heavy atom. The zero-order chi connectivity index (χ0) is 14.7. The average molecular weight is 284 g/mol. The number of tetrazole rings is 1. The topological polar surface area (TPSA) is 68.5 Å². The van der Waals surface area contributed by atoms with Gasteiger partial charge in [0.05, 0.1) is 11.4 Å². The van der Waals surface area contributed by atoms with E-state index < -0.39 is 0 Å². The smallest absolute Gasteiger partial charge is 0.146 e. The van der Waals surface area contributed by atoms with Crippen LogP contribution in [0.1, 0.15) is 11.3 Å². The molecule has 2 heterocycles. The summed E-state index contributed by atoms with van der Waals surface area (Å²) in [4.78, 5) is 4.21. The lowest BCUT2D eigenvalue weighted by atomic mass is 10.2. The molecular weight excluding hydrogens is 271 g/mol. The van der Waals surface area contributed by atoms with Crippen LogP contribution in [0.2, 0.25) is 0 Å². The molecule has 0 aliphatic heterocycles. The van der Waals surface area contributed by atoms with E-state index in [1.54, 1.807) is 18.3 Å². The predicted molar refractivity (Wildman–Crippen MR) is 75.4 cm³/mol. The minimum absolute atomic E-state index is 0.327. The van der Waals surface area contributed by atoms with Gasteiger partial charge in [0, 0.05) is 18.4 Å². The molecule has 0 bridgehead atoms. The van der Waals surface area contributed by atoms with Crippen molar-refractivity contribution in [3.05, 3.63) is 59.9 Å². The zero-order valence-electron chi connectivity index (χ0n) is 11.4. The first-order chi connectivity index (χ1) is 10.2. The third-order valence-corrected chi connectivity index (χ3v) is 3.02. The van der Waals surface area contributed by atoms with Crippen LogP contribution >= 0.6 is 0 Å². The Labute approximate surface area is 120 Å². The third kappa shape index (κ3) is 3.02. The first-order valence-corrected chi connectivity index (χ1v) is 6.41. The van der Waals surface area contributed by atoms with Gasteiger partial charge in [-0.3, -0.25) is 4.98 Å². The molecule has 21 heavy (non-hydrogen) atoms. The van der Waals surface area contributed by atoms with Crippen LogP contribution in [0.4, 0.5) is 10.1 Å². The molecule has 3 aromatic rings. The second-order valence-corrected chi connectivity index (χ2v) is 4.58. The van der Waals surface area contributed by atoms with Crippen LogP contribution in [0.15, 0.2) is 42.9 Å². The van der Waals surface area contributed by atoms with Crippen LogP contribution in [0, 0.1) is 12.7 Å². The summed E-state index contributed by atoms with van der Waals surface area (Å²) in [6.45, 7) is 2.41. The Morgan fingerprint density at radius 2 is 2.14 bits per heavy atom. The maximum Gasteiger partial charge on any atom is 0.146 e. The van der Waals surface area contributed by atoms with Crippen molar-refractivity contribution in [1.29, 1.82) is 0 Å². The van der Waals surface area contributed by atoms with Crippen molar-refractivity contribution < 1.29 is 4.39 Å². The van der Waals surface area contributed by atoms with Crippen LogP contribution in [0.3, 0.4) is 0 Å². The minimum Gasteiger partial charge on any atom is -0.378 e. The number of aryl methyl sites for hydroxylation is 1. The molecule has 0 radical (unpaired) electrons. The summed E-state index contributed by atoms with van der Waals surface area (Å²) in [6.07, 6.45) is 3.23. The van der Waals surface area contributed by atoms with Gasteiger partial charge in [0.2, 0.25) is 0 Å². The van der Waals surface area contributed by atoms with Crippen molar-refractivity contribution in [1.82, 2.24) is 25.2 Å². The number of hydrogen-bond donors (Lipinski definition) is 1. The summed E-state index contributed by atoms with van der Waals surface area (Å²) in [6, 6.07) is 8.54. The molecule has 6 nitrogen and oxygen atoms in total. The van der Waals surface area contributed by atoms with Gasteiger partial charge in [-0.15, -0.1) is 5.10 Å². The maximum atomic E-state index is 13.8. The fourth-order valence-electron chi connectivity index (χ4n) is 1.87. The molecule has 0 spiro atoms. The van der Waals surface area contributed by atoms with Crippen LogP contribution in [-0.4, -0.2) is 25.2 Å². The summed E-state index contributed by atoms with van der Waals surface area (Å²) in [5, 5.41) is 14.0. The molecule has 0 unspecified atom stereocenters. The van der Waals surface area contributed by atoms with Crippen molar-refractivity contribution in [2.75, 3.05) is 5.32 Å². The molecule has 0 atom stereocenters. The van der Waals surface area contributed by atoms with Crippen molar-refractivity contribution in [2.45, 2.75) is 13.5 Å². The van der Waals surface area contributed by atoms with E-state index in [1.165, 1.54) is 17.1 Å². The number of nitrogens with zero attached hydrogens (tertiary/aromatic N) is 5. The fraction of sp³-hybridized carbons (Fsp3) is 0.143. The second-order valence-electron chi connectivity index (χ2n) is 4.58. The van der Waals surface area contributed by atoms with E-state index in [2.05, 4.69) is 25.8 Å². The molecule has 1 aromatic carbocycles. The first kappa shape index (κ1) is 13.2. The van der Waals surface area contributed by atoms with Crippen molar-refractivity contribution in [2.24, 2.45) is 0 Å². The highest BCUT2D eigenvalue weighted by Gasteiger charge is 2.06. The molecule has 3 rings (SSSR count). The summed E-state index contributed by atoms with van der Waals surface area (Å²) < 4.78 is 15.3. The van der Waals surface area contributed by atoms with Crippen molar-refractivity contribution in [3.8, 4) is 5.69 Å². The number of benzene rings is 1. The van der Waals surface area contributed by atoms with E-state index in [4.69, 9.17) is 0 Å². The van der Waals surface area contributed by atoms with Gasteiger partial charge < -0.3 is 5.32 Å². The van der Waals surface area contributed by atoms with Crippen LogP contribution in [0.5, 0.6) is 0 Å². The fourth-order valence-corrected chi connectivity index (χ4v) is 1.87. The summed E-state index contributed by atoms with van der Waals surface area (Å²) >= 11 is 0. The average Bonchev–Trinajstić information content (AvgIpc) is 3.02. The lowest BCUT2D eigenvalue weighted by Gasteiger charge is -2.09. The van der Waals surface area contributed by atoms with Gasteiger partial charge in [-0.25, -0.2) is 9.07 Å². The van der Waals surface area contributed by atoms with Crippen LogP contribution in [-0.2, 0) is 6.54 Å². The highest BCUT2D eigenvalue weighted by Crippen LogP contribution is 2.19. The van der Waals surface area contributed by atoms with Gasteiger partial charge in [-0.1, -0.05) is 6.07 Å². The van der Waals surface area contributed by atoms with Gasteiger partial charge in [0.1, 0.15) is 12.1 Å². The van der Waals surface area contributed by atoms with Crippen molar-refractivity contribution >= 4 is 5.69 Å². The minimum atomic E-state index is -0.327. The van der Waals surface area contributed by atoms with E-state index in [0.29, 0.717) is 17.9 Å². The number of anilines is 1. The normalized spacial score (nSPS) is 10.6. The molecule has 0 aliphatic carbocycles. The van der Waals surface area contributed by atoms with Gasteiger partial charge in [0.15, 0.2) is 0 Å². The van der Waals surface area contributed by atoms with E-state index in [1.807, 2.05) is 19.1 Å². The van der Waals surface area contributed by atoms with Gasteiger partial charge in [0.25, 0.3) is 0 Å². The number of rotatable bonds is 4. The van der Waals surface area contributed by atoms with E-state index in [0.717, 1.165) is 11.3 Å². The standard InChI is InChI=1S/C14H13FN6/c1-10-2-3-11(7-16-10)8-17-14-6-12(4-5-13(14)15)21-9-18-19-20-21/h2-7,9,17H,8H2,1H3. The maximum absolute atomic E-state index is 13.8. The Balaban J connectivity index is 1.78. The SMILES string of the molecule is Cc1ccc(CNc2cc(-n3cnnn3)ccc2F)cn1. The highest BCUT2D eigenvalue weighted by atomic mass is 19.1.